The van der Waals surface area contributed by atoms with Gasteiger partial charge in [0.2, 0.25) is 0 Å². The van der Waals surface area contributed by atoms with E-state index >= 15 is 0 Å². The fourth-order valence-corrected chi connectivity index (χ4v) is 1.38. The number of hydrogen-bond donors (Lipinski definition) is 1. The van der Waals surface area contributed by atoms with Gasteiger partial charge >= 0.3 is 0 Å². The molecule has 0 atom stereocenters. The van der Waals surface area contributed by atoms with Crippen LogP contribution in [0.2, 0.25) is 0 Å². The van der Waals surface area contributed by atoms with E-state index in [-0.39, 0.29) is 5.69 Å². The Hall–Kier alpha value is -2.41. The summed E-state index contributed by atoms with van der Waals surface area (Å²) in [5.41, 5.74) is 1.17. The van der Waals surface area contributed by atoms with Crippen molar-refractivity contribution in [2.45, 2.75) is 0 Å². The first kappa shape index (κ1) is 11.1. The first-order valence-electron chi connectivity index (χ1n) is 4.91. The summed E-state index contributed by atoms with van der Waals surface area (Å²) in [5.74, 6) is -1.04. The summed E-state index contributed by atoms with van der Waals surface area (Å²) in [4.78, 5) is 0. The van der Waals surface area contributed by atoms with E-state index in [1.54, 1.807) is 24.3 Å². The Labute approximate surface area is 97.1 Å². The molecule has 17 heavy (non-hydrogen) atoms. The molecule has 0 radical (unpaired) electrons. The van der Waals surface area contributed by atoms with Crippen LogP contribution >= 0.6 is 0 Å². The van der Waals surface area contributed by atoms with Gasteiger partial charge in [0.25, 0.3) is 0 Å². The van der Waals surface area contributed by atoms with Crippen LogP contribution in [-0.2, 0) is 0 Å². The van der Waals surface area contributed by atoms with Crippen LogP contribution in [0.4, 0.5) is 20.2 Å². The highest BCUT2D eigenvalue weighted by Crippen LogP contribution is 2.21. The maximum Gasteiger partial charge on any atom is 0.146 e. The fraction of sp³-hybridized carbons (Fsp3) is 0. The molecule has 0 bridgehead atoms. The minimum Gasteiger partial charge on any atom is -0.353 e. The summed E-state index contributed by atoms with van der Waals surface area (Å²) in [7, 11) is 0. The van der Waals surface area contributed by atoms with Gasteiger partial charge in [-0.3, -0.25) is 0 Å². The van der Waals surface area contributed by atoms with E-state index in [2.05, 4.69) is 5.32 Å². The second-order valence-electron chi connectivity index (χ2n) is 3.44. The van der Waals surface area contributed by atoms with E-state index in [0.29, 0.717) is 11.3 Å². The predicted octanol–water partition coefficient (Wildman–Crippen LogP) is 3.58. The molecule has 0 aliphatic carbocycles. The zero-order valence-electron chi connectivity index (χ0n) is 8.74. The van der Waals surface area contributed by atoms with Gasteiger partial charge in [-0.15, -0.1) is 0 Å². The number of hydrogen-bond acceptors (Lipinski definition) is 2. The first-order valence-corrected chi connectivity index (χ1v) is 4.91. The van der Waals surface area contributed by atoms with E-state index < -0.39 is 11.6 Å². The van der Waals surface area contributed by atoms with Gasteiger partial charge < -0.3 is 5.32 Å². The third-order valence-corrected chi connectivity index (χ3v) is 2.22. The van der Waals surface area contributed by atoms with Crippen molar-refractivity contribution in [1.82, 2.24) is 0 Å². The van der Waals surface area contributed by atoms with Crippen LogP contribution in [0, 0.1) is 23.0 Å². The Kier molecular flexibility index (Phi) is 3.01. The van der Waals surface area contributed by atoms with Gasteiger partial charge in [-0.1, -0.05) is 0 Å². The van der Waals surface area contributed by atoms with Gasteiger partial charge in [0, 0.05) is 11.8 Å². The van der Waals surface area contributed by atoms with Gasteiger partial charge in [0.1, 0.15) is 11.6 Å². The SMILES string of the molecule is N#Cc1ccc(Nc2cc(F)ccc2F)cc1. The van der Waals surface area contributed by atoms with Crippen molar-refractivity contribution in [3.8, 4) is 6.07 Å². The lowest BCUT2D eigenvalue weighted by Gasteiger charge is -2.07. The molecule has 0 heterocycles. The van der Waals surface area contributed by atoms with Crippen molar-refractivity contribution in [3.05, 3.63) is 59.7 Å². The van der Waals surface area contributed by atoms with Crippen LogP contribution < -0.4 is 5.32 Å². The third-order valence-electron chi connectivity index (χ3n) is 2.22. The van der Waals surface area contributed by atoms with Crippen molar-refractivity contribution >= 4 is 11.4 Å². The molecule has 0 saturated heterocycles. The highest BCUT2D eigenvalue weighted by molar-refractivity contribution is 5.60. The molecule has 2 rings (SSSR count). The molecule has 2 aromatic carbocycles. The number of nitrogens with one attached hydrogen (secondary N) is 1. The van der Waals surface area contributed by atoms with E-state index in [4.69, 9.17) is 5.26 Å². The van der Waals surface area contributed by atoms with Crippen LogP contribution in [-0.4, -0.2) is 0 Å². The molecular weight excluding hydrogens is 222 g/mol. The lowest BCUT2D eigenvalue weighted by molar-refractivity contribution is 0.603. The molecule has 0 aliphatic rings. The number of nitriles is 1. The molecule has 1 N–H and O–H groups in total. The molecule has 0 spiro atoms. The van der Waals surface area contributed by atoms with E-state index in [1.165, 1.54) is 0 Å². The van der Waals surface area contributed by atoms with Gasteiger partial charge in [0.05, 0.1) is 17.3 Å². The molecule has 2 nitrogen and oxygen atoms in total. The van der Waals surface area contributed by atoms with Crippen LogP contribution in [0.15, 0.2) is 42.5 Å². The lowest BCUT2D eigenvalue weighted by atomic mass is 10.2. The Morgan fingerprint density at radius 3 is 2.35 bits per heavy atom. The smallest absolute Gasteiger partial charge is 0.146 e. The Morgan fingerprint density at radius 1 is 1.00 bits per heavy atom. The van der Waals surface area contributed by atoms with Crippen molar-refractivity contribution in [1.29, 1.82) is 5.26 Å². The highest BCUT2D eigenvalue weighted by atomic mass is 19.1. The van der Waals surface area contributed by atoms with E-state index in [1.807, 2.05) is 6.07 Å². The maximum absolute atomic E-state index is 13.3. The molecule has 84 valence electrons. The number of anilines is 2. The molecule has 0 saturated carbocycles. The number of nitrogens with zero attached hydrogens (tertiary/aromatic N) is 1. The average Bonchev–Trinajstić information content (AvgIpc) is 2.35. The highest BCUT2D eigenvalue weighted by Gasteiger charge is 2.03. The molecule has 2 aromatic rings. The topological polar surface area (TPSA) is 35.8 Å². The summed E-state index contributed by atoms with van der Waals surface area (Å²) in [6, 6.07) is 11.6. The number of benzene rings is 2. The number of rotatable bonds is 2. The molecule has 0 fully saturated rings. The molecular formula is C13H8F2N2. The van der Waals surface area contributed by atoms with Crippen molar-refractivity contribution in [2.75, 3.05) is 5.32 Å². The van der Waals surface area contributed by atoms with Gasteiger partial charge in [-0.2, -0.15) is 5.26 Å². The average molecular weight is 230 g/mol. The summed E-state index contributed by atoms with van der Waals surface area (Å²) >= 11 is 0. The summed E-state index contributed by atoms with van der Waals surface area (Å²) in [6.45, 7) is 0. The maximum atomic E-state index is 13.3. The second kappa shape index (κ2) is 4.62. The van der Waals surface area contributed by atoms with E-state index in [9.17, 15) is 8.78 Å². The Morgan fingerprint density at radius 2 is 1.71 bits per heavy atom. The van der Waals surface area contributed by atoms with Gasteiger partial charge in [0.15, 0.2) is 0 Å². The van der Waals surface area contributed by atoms with Crippen molar-refractivity contribution < 1.29 is 8.78 Å². The molecule has 4 heteroatoms. The Balaban J connectivity index is 2.25. The monoisotopic (exact) mass is 230 g/mol. The van der Waals surface area contributed by atoms with Crippen LogP contribution in [0.3, 0.4) is 0 Å². The molecule has 0 unspecified atom stereocenters. The molecule has 0 aromatic heterocycles. The van der Waals surface area contributed by atoms with Crippen LogP contribution in [0.1, 0.15) is 5.56 Å². The quantitative estimate of drug-likeness (QED) is 0.855. The van der Waals surface area contributed by atoms with Crippen molar-refractivity contribution in [2.24, 2.45) is 0 Å². The minimum atomic E-state index is -0.532. The molecule has 0 aliphatic heterocycles. The standard InChI is InChI=1S/C13H8F2N2/c14-10-3-6-12(15)13(7-10)17-11-4-1-9(8-16)2-5-11/h1-7,17H. The van der Waals surface area contributed by atoms with E-state index in [0.717, 1.165) is 18.2 Å². The Bertz CT molecular complexity index is 571. The normalized spacial score (nSPS) is 9.71. The zero-order valence-corrected chi connectivity index (χ0v) is 8.74. The van der Waals surface area contributed by atoms with Crippen molar-refractivity contribution in [3.63, 3.8) is 0 Å². The number of halogens is 2. The largest absolute Gasteiger partial charge is 0.353 e. The summed E-state index contributed by atoms with van der Waals surface area (Å²) in [5, 5.41) is 11.4. The predicted molar refractivity (Wildman–Crippen MR) is 60.8 cm³/mol. The fourth-order valence-electron chi connectivity index (χ4n) is 1.38. The zero-order chi connectivity index (χ0) is 12.3. The summed E-state index contributed by atoms with van der Waals surface area (Å²) in [6.07, 6.45) is 0. The molecule has 0 amide bonds. The van der Waals surface area contributed by atoms with Crippen LogP contribution in [0.5, 0.6) is 0 Å². The second-order valence-corrected chi connectivity index (χ2v) is 3.44. The van der Waals surface area contributed by atoms with Crippen LogP contribution in [0.25, 0.3) is 0 Å². The van der Waals surface area contributed by atoms with Gasteiger partial charge in [-0.25, -0.2) is 8.78 Å². The lowest BCUT2D eigenvalue weighted by Crippen LogP contribution is -1.94. The first-order chi connectivity index (χ1) is 8.19. The minimum absolute atomic E-state index is 0.0645. The third kappa shape index (κ3) is 2.58. The summed E-state index contributed by atoms with van der Waals surface area (Å²) < 4.78 is 26.2. The van der Waals surface area contributed by atoms with Gasteiger partial charge in [-0.05, 0) is 36.4 Å².